The summed E-state index contributed by atoms with van der Waals surface area (Å²) in [6.07, 6.45) is -0.738. The Morgan fingerprint density at radius 1 is 0.979 bits per heavy atom. The predicted molar refractivity (Wildman–Crippen MR) is 169 cm³/mol. The highest BCUT2D eigenvalue weighted by atomic mass is 16.7. The molecule has 0 spiro atoms. The molecule has 2 aromatic heterocycles. The lowest BCUT2D eigenvalue weighted by Crippen LogP contribution is -2.38. The molecule has 0 unspecified atom stereocenters. The number of fused-ring (bicyclic) bond motifs is 1. The number of methoxy groups -OCH3 is 4. The number of carbonyl (C=O) groups is 2. The Balaban J connectivity index is 1.81. The van der Waals surface area contributed by atoms with Crippen LogP contribution in [0.3, 0.4) is 0 Å². The lowest BCUT2D eigenvalue weighted by atomic mass is 10.0. The molecular formula is C32H35N5O10. The molecule has 248 valence electrons. The molecule has 0 bridgehead atoms. The first-order chi connectivity index (χ1) is 22.6. The molecule has 4 rings (SSSR count). The molecule has 1 amide bonds. The molecule has 0 saturated carbocycles. The Morgan fingerprint density at radius 2 is 1.66 bits per heavy atom. The monoisotopic (exact) mass is 649 g/mol. The fraction of sp³-hybridized carbons (Fsp3) is 0.344. The van der Waals surface area contributed by atoms with Gasteiger partial charge in [-0.25, -0.2) is 9.48 Å². The van der Waals surface area contributed by atoms with Gasteiger partial charge in [0.15, 0.2) is 18.1 Å². The number of aromatic nitrogens is 2. The highest BCUT2D eigenvalue weighted by Crippen LogP contribution is 2.39. The first-order valence-electron chi connectivity index (χ1n) is 14.2. The summed E-state index contributed by atoms with van der Waals surface area (Å²) in [6.45, 7) is 1.86. The van der Waals surface area contributed by atoms with Crippen LogP contribution in [-0.4, -0.2) is 92.0 Å². The van der Waals surface area contributed by atoms with Crippen LogP contribution in [0.2, 0.25) is 0 Å². The molecule has 0 radical (unpaired) electrons. The summed E-state index contributed by atoms with van der Waals surface area (Å²) in [7, 11) is 9.57. The number of ketones is 1. The first-order valence-corrected chi connectivity index (χ1v) is 14.2. The molecule has 0 aliphatic heterocycles. The highest BCUT2D eigenvalue weighted by Gasteiger charge is 2.27. The number of furan rings is 1. The maximum absolute atomic E-state index is 14.1. The van der Waals surface area contributed by atoms with E-state index in [0.29, 0.717) is 34.5 Å². The van der Waals surface area contributed by atoms with Crippen LogP contribution in [-0.2, 0) is 18.0 Å². The van der Waals surface area contributed by atoms with Crippen LogP contribution < -0.4 is 18.9 Å². The number of amides is 1. The largest absolute Gasteiger partial charge is 0.495 e. The Bertz CT molecular complexity index is 1820. The molecule has 0 fully saturated rings. The van der Waals surface area contributed by atoms with Crippen molar-refractivity contribution in [3.63, 3.8) is 0 Å². The molecule has 47 heavy (non-hydrogen) atoms. The van der Waals surface area contributed by atoms with E-state index in [1.54, 1.807) is 19.1 Å². The third-order valence-electron chi connectivity index (χ3n) is 7.03. The van der Waals surface area contributed by atoms with Crippen LogP contribution in [0.1, 0.15) is 34.3 Å². The number of likely N-dealkylation sites (N-methyl/N-ethyl adjacent to an activating group) is 1. The SMILES string of the molecule is CC#Cc1c(OC)ccc2c(C(=O)c3cc(OC)c(OC)c(OC)c3)nn(CN(CCN(C)C)C(=O)OCc3ccc([N+](=O)[O-])o3)c12. The third kappa shape index (κ3) is 7.39. The summed E-state index contributed by atoms with van der Waals surface area (Å²) >= 11 is 0. The quantitative estimate of drug-likeness (QED) is 0.0824. The van der Waals surface area contributed by atoms with Gasteiger partial charge in [-0.2, -0.15) is 5.10 Å². The van der Waals surface area contributed by atoms with Gasteiger partial charge in [-0.1, -0.05) is 5.92 Å². The molecular weight excluding hydrogens is 614 g/mol. The molecule has 4 aromatic rings. The summed E-state index contributed by atoms with van der Waals surface area (Å²) in [5.41, 5.74) is 1.23. The second-order valence-electron chi connectivity index (χ2n) is 10.3. The molecule has 2 aromatic carbocycles. The van der Waals surface area contributed by atoms with Crippen molar-refractivity contribution in [2.45, 2.75) is 20.2 Å². The Kier molecular flexibility index (Phi) is 10.9. The summed E-state index contributed by atoms with van der Waals surface area (Å²) < 4.78 is 34.0. The van der Waals surface area contributed by atoms with Gasteiger partial charge in [-0.05, 0) is 51.4 Å². The van der Waals surface area contributed by atoms with Gasteiger partial charge in [0.2, 0.25) is 11.5 Å². The minimum Gasteiger partial charge on any atom is -0.495 e. The van der Waals surface area contributed by atoms with Crippen molar-refractivity contribution in [2.24, 2.45) is 0 Å². The first kappa shape index (κ1) is 34.1. The van der Waals surface area contributed by atoms with Crippen LogP contribution in [0.5, 0.6) is 23.0 Å². The molecule has 0 aliphatic carbocycles. The van der Waals surface area contributed by atoms with E-state index in [1.807, 2.05) is 19.0 Å². The van der Waals surface area contributed by atoms with Crippen LogP contribution in [0.4, 0.5) is 10.7 Å². The maximum atomic E-state index is 14.1. The van der Waals surface area contributed by atoms with Crippen molar-refractivity contribution in [1.29, 1.82) is 0 Å². The Morgan fingerprint density at radius 3 is 2.21 bits per heavy atom. The number of nitrogens with zero attached hydrogens (tertiary/aromatic N) is 5. The number of hydrogen-bond donors (Lipinski definition) is 0. The second-order valence-corrected chi connectivity index (χ2v) is 10.3. The zero-order valence-corrected chi connectivity index (χ0v) is 27.1. The number of carbonyl (C=O) groups excluding carboxylic acids is 2. The van der Waals surface area contributed by atoms with Gasteiger partial charge in [0, 0.05) is 24.0 Å². The van der Waals surface area contributed by atoms with E-state index in [-0.39, 0.29) is 48.3 Å². The summed E-state index contributed by atoms with van der Waals surface area (Å²) in [5, 5.41) is 16.2. The zero-order chi connectivity index (χ0) is 34.2. The van der Waals surface area contributed by atoms with E-state index in [1.165, 1.54) is 62.3 Å². The van der Waals surface area contributed by atoms with Crippen molar-refractivity contribution in [2.75, 3.05) is 55.6 Å². The molecule has 0 aliphatic rings. The predicted octanol–water partition coefficient (Wildman–Crippen LogP) is 4.33. The van der Waals surface area contributed by atoms with Crippen molar-refractivity contribution in [1.82, 2.24) is 19.6 Å². The standard InChI is InChI=1S/C32H35N5O10/c1-8-9-22-24(42-4)12-11-23-28(30(38)20-16-25(43-5)31(45-7)26(17-20)44-6)33-36(29(22)23)19-35(15-14-34(2)3)32(39)46-18-21-10-13-27(47-21)37(40)41/h10-13,16-17H,14-15,18-19H2,1-7H3. The number of ether oxygens (including phenoxy) is 5. The maximum Gasteiger partial charge on any atom is 0.433 e. The number of rotatable bonds is 14. The van der Waals surface area contributed by atoms with E-state index in [0.717, 1.165) is 0 Å². The van der Waals surface area contributed by atoms with Crippen molar-refractivity contribution in [3.8, 4) is 34.8 Å². The molecule has 15 nitrogen and oxygen atoms in total. The minimum atomic E-state index is -0.738. The van der Waals surface area contributed by atoms with Gasteiger partial charge < -0.3 is 33.0 Å². The lowest BCUT2D eigenvalue weighted by Gasteiger charge is -2.24. The zero-order valence-electron chi connectivity index (χ0n) is 27.1. The van der Waals surface area contributed by atoms with E-state index >= 15 is 0 Å². The summed E-state index contributed by atoms with van der Waals surface area (Å²) in [4.78, 5) is 41.1. The van der Waals surface area contributed by atoms with Crippen LogP contribution in [0.15, 0.2) is 40.8 Å². The molecule has 2 heterocycles. The van der Waals surface area contributed by atoms with Gasteiger partial charge >= 0.3 is 12.0 Å². The molecule has 0 N–H and O–H groups in total. The Labute approximate surface area is 270 Å². The smallest absolute Gasteiger partial charge is 0.433 e. The minimum absolute atomic E-state index is 0.0832. The number of benzene rings is 2. The summed E-state index contributed by atoms with van der Waals surface area (Å²) in [6, 6.07) is 9.00. The number of hydrogen-bond acceptors (Lipinski definition) is 12. The fourth-order valence-electron chi connectivity index (χ4n) is 4.76. The van der Waals surface area contributed by atoms with Gasteiger partial charge in [-0.3, -0.25) is 19.8 Å². The van der Waals surface area contributed by atoms with E-state index in [4.69, 9.17) is 33.2 Å². The summed E-state index contributed by atoms with van der Waals surface area (Å²) in [5.74, 6) is 6.47. The average molecular weight is 650 g/mol. The third-order valence-corrected chi connectivity index (χ3v) is 7.03. The highest BCUT2D eigenvalue weighted by molar-refractivity contribution is 6.16. The molecule has 15 heteroatoms. The fourth-order valence-corrected chi connectivity index (χ4v) is 4.76. The van der Waals surface area contributed by atoms with E-state index in [2.05, 4.69) is 11.8 Å². The van der Waals surface area contributed by atoms with Crippen LogP contribution >= 0.6 is 0 Å². The number of nitro groups is 1. The van der Waals surface area contributed by atoms with Gasteiger partial charge in [0.05, 0.1) is 45.6 Å². The van der Waals surface area contributed by atoms with E-state index < -0.39 is 22.7 Å². The molecule has 0 atom stereocenters. The van der Waals surface area contributed by atoms with Crippen LogP contribution in [0, 0.1) is 22.0 Å². The van der Waals surface area contributed by atoms with E-state index in [9.17, 15) is 19.7 Å². The van der Waals surface area contributed by atoms with Crippen molar-refractivity contribution >= 4 is 28.7 Å². The second kappa shape index (κ2) is 15.0. The lowest BCUT2D eigenvalue weighted by molar-refractivity contribution is -0.402. The normalized spacial score (nSPS) is 10.7. The average Bonchev–Trinajstić information content (AvgIpc) is 3.70. The molecule has 0 saturated heterocycles. The topological polar surface area (TPSA) is 161 Å². The van der Waals surface area contributed by atoms with Crippen molar-refractivity contribution in [3.05, 3.63) is 69.1 Å². The van der Waals surface area contributed by atoms with Gasteiger partial charge in [0.25, 0.3) is 0 Å². The van der Waals surface area contributed by atoms with Crippen LogP contribution in [0.25, 0.3) is 10.9 Å². The van der Waals surface area contributed by atoms with Gasteiger partial charge in [0.1, 0.15) is 28.8 Å². The van der Waals surface area contributed by atoms with Crippen molar-refractivity contribution < 1.29 is 42.6 Å². The Hall–Kier alpha value is -5.75. The van der Waals surface area contributed by atoms with Gasteiger partial charge in [-0.15, -0.1) is 5.92 Å².